The minimum Gasteiger partial charge on any atom is -0.468 e. The number of nitrogens with zero attached hydrogens (tertiary/aromatic N) is 2. The first kappa shape index (κ1) is 17.5. The van der Waals surface area contributed by atoms with Gasteiger partial charge in [0.05, 0.1) is 11.7 Å². The Morgan fingerprint density at radius 1 is 1.33 bits per heavy atom. The Hall–Kier alpha value is -2.84. The molecule has 0 fully saturated rings. The van der Waals surface area contributed by atoms with Gasteiger partial charge >= 0.3 is 6.18 Å². The first-order valence-electron chi connectivity index (χ1n) is 6.93. The summed E-state index contributed by atoms with van der Waals surface area (Å²) < 4.78 is 40.7. The van der Waals surface area contributed by atoms with Gasteiger partial charge in [0.15, 0.2) is 12.3 Å². The zero-order valence-corrected chi connectivity index (χ0v) is 12.7. The minimum atomic E-state index is -4.43. The van der Waals surface area contributed by atoms with Gasteiger partial charge in [-0.25, -0.2) is 9.97 Å². The van der Waals surface area contributed by atoms with E-state index >= 15 is 0 Å². The summed E-state index contributed by atoms with van der Waals surface area (Å²) in [5, 5.41) is 2.69. The molecule has 24 heavy (non-hydrogen) atoms. The molecule has 128 valence electrons. The van der Waals surface area contributed by atoms with Crippen molar-refractivity contribution < 1.29 is 22.7 Å². The number of nitrogen functional groups attached to an aromatic ring is 1. The van der Waals surface area contributed by atoms with Gasteiger partial charge in [-0.3, -0.25) is 4.79 Å². The SMILES string of the molecule is CC(NC(=O)c1ncccc1N)c1ccc(OCC(F)(F)F)nc1. The average molecular weight is 340 g/mol. The number of ether oxygens (including phenoxy) is 1. The highest BCUT2D eigenvalue weighted by Gasteiger charge is 2.28. The van der Waals surface area contributed by atoms with Gasteiger partial charge in [0.25, 0.3) is 5.91 Å². The van der Waals surface area contributed by atoms with Crippen LogP contribution in [0.3, 0.4) is 0 Å². The number of aromatic nitrogens is 2. The Morgan fingerprint density at radius 2 is 2.08 bits per heavy atom. The minimum absolute atomic E-state index is 0.0995. The second kappa shape index (κ2) is 7.16. The Balaban J connectivity index is 1.99. The molecule has 0 radical (unpaired) electrons. The molecular weight excluding hydrogens is 325 g/mol. The van der Waals surface area contributed by atoms with E-state index in [1.54, 1.807) is 19.1 Å². The van der Waals surface area contributed by atoms with Crippen molar-refractivity contribution in [3.63, 3.8) is 0 Å². The van der Waals surface area contributed by atoms with E-state index in [0.717, 1.165) is 0 Å². The number of pyridine rings is 2. The molecule has 0 aliphatic rings. The van der Waals surface area contributed by atoms with E-state index in [0.29, 0.717) is 5.56 Å². The highest BCUT2D eigenvalue weighted by Crippen LogP contribution is 2.19. The molecule has 0 aliphatic heterocycles. The van der Waals surface area contributed by atoms with Gasteiger partial charge < -0.3 is 15.8 Å². The molecule has 1 amide bonds. The predicted molar refractivity (Wildman–Crippen MR) is 80.3 cm³/mol. The van der Waals surface area contributed by atoms with E-state index in [9.17, 15) is 18.0 Å². The molecule has 2 rings (SSSR count). The van der Waals surface area contributed by atoms with Gasteiger partial charge in [0, 0.05) is 18.5 Å². The molecule has 0 bridgehead atoms. The third-order valence-electron chi connectivity index (χ3n) is 3.04. The third kappa shape index (κ3) is 4.83. The molecule has 0 aromatic carbocycles. The summed E-state index contributed by atoms with van der Waals surface area (Å²) in [4.78, 5) is 19.8. The van der Waals surface area contributed by atoms with Gasteiger partial charge in [-0.2, -0.15) is 13.2 Å². The van der Waals surface area contributed by atoms with Crippen molar-refractivity contribution in [3.8, 4) is 5.88 Å². The van der Waals surface area contributed by atoms with Crippen LogP contribution >= 0.6 is 0 Å². The summed E-state index contributed by atoms with van der Waals surface area (Å²) >= 11 is 0. The molecule has 0 saturated carbocycles. The van der Waals surface area contributed by atoms with Gasteiger partial charge in [-0.1, -0.05) is 6.07 Å². The highest BCUT2D eigenvalue weighted by molar-refractivity contribution is 5.97. The molecular formula is C15H15F3N4O2. The van der Waals surface area contributed by atoms with Crippen LogP contribution < -0.4 is 15.8 Å². The van der Waals surface area contributed by atoms with Crippen LogP contribution in [0, 0.1) is 0 Å². The largest absolute Gasteiger partial charge is 0.468 e. The van der Waals surface area contributed by atoms with Gasteiger partial charge in [0.2, 0.25) is 5.88 Å². The van der Waals surface area contributed by atoms with E-state index in [-0.39, 0.29) is 17.3 Å². The first-order valence-corrected chi connectivity index (χ1v) is 6.93. The number of hydrogen-bond donors (Lipinski definition) is 2. The summed E-state index contributed by atoms with van der Waals surface area (Å²) in [5.74, 6) is -0.610. The van der Waals surface area contributed by atoms with Crippen molar-refractivity contribution in [3.05, 3.63) is 47.9 Å². The molecule has 2 aromatic heterocycles. The third-order valence-corrected chi connectivity index (χ3v) is 3.04. The number of rotatable bonds is 5. The topological polar surface area (TPSA) is 90.1 Å². The lowest BCUT2D eigenvalue weighted by molar-refractivity contribution is -0.154. The number of alkyl halides is 3. The van der Waals surface area contributed by atoms with Crippen molar-refractivity contribution in [2.75, 3.05) is 12.3 Å². The summed E-state index contributed by atoms with van der Waals surface area (Å²) in [6, 6.07) is 5.55. The second-order valence-electron chi connectivity index (χ2n) is 4.97. The highest BCUT2D eigenvalue weighted by atomic mass is 19.4. The lowest BCUT2D eigenvalue weighted by Crippen LogP contribution is -2.28. The molecule has 2 aromatic rings. The van der Waals surface area contributed by atoms with Crippen LogP contribution in [0.2, 0.25) is 0 Å². The fraction of sp³-hybridized carbons (Fsp3) is 0.267. The predicted octanol–water partition coefficient (Wildman–Crippen LogP) is 2.49. The van der Waals surface area contributed by atoms with E-state index < -0.39 is 24.7 Å². The van der Waals surface area contributed by atoms with Crippen molar-refractivity contribution in [1.29, 1.82) is 0 Å². The normalized spacial score (nSPS) is 12.5. The van der Waals surface area contributed by atoms with E-state index in [1.807, 2.05) is 0 Å². The summed E-state index contributed by atoms with van der Waals surface area (Å²) in [6.07, 6.45) is -1.65. The smallest absolute Gasteiger partial charge is 0.422 e. The van der Waals surface area contributed by atoms with Gasteiger partial charge in [-0.05, 0) is 24.6 Å². The summed E-state index contributed by atoms with van der Waals surface area (Å²) in [7, 11) is 0. The van der Waals surface area contributed by atoms with Crippen LogP contribution in [0.15, 0.2) is 36.7 Å². The number of carbonyl (C=O) groups excluding carboxylic acids is 1. The number of hydrogen-bond acceptors (Lipinski definition) is 5. The maximum absolute atomic E-state index is 12.1. The van der Waals surface area contributed by atoms with E-state index in [1.165, 1.54) is 24.5 Å². The Morgan fingerprint density at radius 3 is 2.67 bits per heavy atom. The standard InChI is InChI=1S/C15H15F3N4O2/c1-9(22-14(23)13-11(19)3-2-6-20-13)10-4-5-12(21-7-10)24-8-15(16,17)18/h2-7,9H,8,19H2,1H3,(H,22,23). The molecule has 0 aliphatic carbocycles. The number of nitrogens with two attached hydrogens (primary N) is 1. The van der Waals surface area contributed by atoms with Crippen LogP contribution in [0.1, 0.15) is 29.0 Å². The second-order valence-corrected chi connectivity index (χ2v) is 4.97. The summed E-state index contributed by atoms with van der Waals surface area (Å²) in [5.41, 5.74) is 6.62. The number of anilines is 1. The van der Waals surface area contributed by atoms with E-state index in [2.05, 4.69) is 20.0 Å². The Bertz CT molecular complexity index is 705. The van der Waals surface area contributed by atoms with Crippen molar-refractivity contribution >= 4 is 11.6 Å². The maximum Gasteiger partial charge on any atom is 0.422 e. The van der Waals surface area contributed by atoms with Crippen molar-refractivity contribution in [2.24, 2.45) is 0 Å². The molecule has 1 atom stereocenters. The molecule has 0 saturated heterocycles. The van der Waals surface area contributed by atoms with Gasteiger partial charge in [0.1, 0.15) is 0 Å². The lowest BCUT2D eigenvalue weighted by Gasteiger charge is -2.15. The van der Waals surface area contributed by atoms with Crippen LogP contribution in [0.5, 0.6) is 5.88 Å². The monoisotopic (exact) mass is 340 g/mol. The Kier molecular flexibility index (Phi) is 5.22. The van der Waals surface area contributed by atoms with Crippen LogP contribution in [-0.4, -0.2) is 28.7 Å². The molecule has 2 heterocycles. The quantitative estimate of drug-likeness (QED) is 0.873. The number of nitrogens with one attached hydrogen (secondary N) is 1. The van der Waals surface area contributed by atoms with Crippen LogP contribution in [0.25, 0.3) is 0 Å². The average Bonchev–Trinajstić information content (AvgIpc) is 2.53. The fourth-order valence-corrected chi connectivity index (χ4v) is 1.84. The van der Waals surface area contributed by atoms with Crippen molar-refractivity contribution in [2.45, 2.75) is 19.1 Å². The zero-order valence-electron chi connectivity index (χ0n) is 12.7. The number of amides is 1. The lowest BCUT2D eigenvalue weighted by atomic mass is 10.1. The number of carbonyl (C=O) groups is 1. The first-order chi connectivity index (χ1) is 11.3. The maximum atomic E-state index is 12.1. The van der Waals surface area contributed by atoms with Crippen LogP contribution in [0.4, 0.5) is 18.9 Å². The number of halogens is 3. The van der Waals surface area contributed by atoms with Gasteiger partial charge in [-0.15, -0.1) is 0 Å². The molecule has 3 N–H and O–H groups in total. The van der Waals surface area contributed by atoms with E-state index in [4.69, 9.17) is 5.73 Å². The van der Waals surface area contributed by atoms with Crippen LogP contribution in [-0.2, 0) is 0 Å². The molecule has 0 spiro atoms. The Labute approximate surface area is 135 Å². The fourth-order valence-electron chi connectivity index (χ4n) is 1.84. The summed E-state index contributed by atoms with van der Waals surface area (Å²) in [6.45, 7) is 0.287. The molecule has 9 heteroatoms. The van der Waals surface area contributed by atoms with Crippen molar-refractivity contribution in [1.82, 2.24) is 15.3 Å². The molecule has 6 nitrogen and oxygen atoms in total. The molecule has 1 unspecified atom stereocenters. The zero-order chi connectivity index (χ0) is 17.7.